The summed E-state index contributed by atoms with van der Waals surface area (Å²) in [4.78, 5) is 15.7. The van der Waals surface area contributed by atoms with E-state index in [2.05, 4.69) is 24.1 Å². The van der Waals surface area contributed by atoms with E-state index in [0.717, 1.165) is 24.5 Å². The Morgan fingerprint density at radius 2 is 2.38 bits per heavy atom. The van der Waals surface area contributed by atoms with Gasteiger partial charge in [-0.25, -0.2) is 9.78 Å². The molecule has 0 amide bonds. The minimum atomic E-state index is -0.865. The molecule has 1 aromatic heterocycles. The molecule has 16 heavy (non-hydrogen) atoms. The van der Waals surface area contributed by atoms with Crippen molar-refractivity contribution in [1.82, 2.24) is 14.9 Å². The standard InChI is InChI=1S/C11H17N3O2/c1-7(2)5-8-10(11(15)16)14-4-3-12-6-9(14)13-8/h7,12H,3-6H2,1-2H3,(H,15,16). The lowest BCUT2D eigenvalue weighted by Crippen LogP contribution is -2.29. The molecule has 1 aliphatic heterocycles. The maximum atomic E-state index is 11.3. The number of carboxylic acid groups (broad SMARTS) is 1. The lowest BCUT2D eigenvalue weighted by atomic mass is 10.1. The number of fused-ring (bicyclic) bond motifs is 1. The molecule has 5 nitrogen and oxygen atoms in total. The van der Waals surface area contributed by atoms with Crippen LogP contribution in [0.1, 0.15) is 35.9 Å². The zero-order chi connectivity index (χ0) is 11.7. The maximum absolute atomic E-state index is 11.3. The van der Waals surface area contributed by atoms with Crippen molar-refractivity contribution >= 4 is 5.97 Å². The van der Waals surface area contributed by atoms with Gasteiger partial charge in [0.25, 0.3) is 0 Å². The molecule has 0 fully saturated rings. The van der Waals surface area contributed by atoms with Gasteiger partial charge in [-0.05, 0) is 12.3 Å². The largest absolute Gasteiger partial charge is 0.477 e. The molecule has 0 saturated heterocycles. The summed E-state index contributed by atoms with van der Waals surface area (Å²) < 4.78 is 1.83. The third-order valence-corrected chi connectivity index (χ3v) is 2.72. The Hall–Kier alpha value is -1.36. The zero-order valence-electron chi connectivity index (χ0n) is 9.66. The number of aromatic nitrogens is 2. The second-order valence-corrected chi connectivity index (χ2v) is 4.55. The van der Waals surface area contributed by atoms with Crippen LogP contribution >= 0.6 is 0 Å². The van der Waals surface area contributed by atoms with Crippen molar-refractivity contribution in [2.75, 3.05) is 6.54 Å². The maximum Gasteiger partial charge on any atom is 0.354 e. The molecule has 2 rings (SSSR count). The summed E-state index contributed by atoms with van der Waals surface area (Å²) in [6.45, 7) is 6.32. The van der Waals surface area contributed by atoms with Gasteiger partial charge in [0.2, 0.25) is 0 Å². The molecule has 0 unspecified atom stereocenters. The molecule has 0 aromatic carbocycles. The number of aromatic carboxylic acids is 1. The van der Waals surface area contributed by atoms with Crippen molar-refractivity contribution < 1.29 is 9.90 Å². The first kappa shape index (κ1) is 11.1. The van der Waals surface area contributed by atoms with Crippen molar-refractivity contribution in [2.45, 2.75) is 33.4 Å². The number of nitrogens with one attached hydrogen (secondary N) is 1. The van der Waals surface area contributed by atoms with Gasteiger partial charge in [-0.1, -0.05) is 13.8 Å². The fourth-order valence-corrected chi connectivity index (χ4v) is 2.09. The van der Waals surface area contributed by atoms with Crippen molar-refractivity contribution in [3.05, 3.63) is 17.2 Å². The Balaban J connectivity index is 2.43. The summed E-state index contributed by atoms with van der Waals surface area (Å²) in [5.74, 6) is 0.401. The van der Waals surface area contributed by atoms with Crippen molar-refractivity contribution in [1.29, 1.82) is 0 Å². The van der Waals surface area contributed by atoms with E-state index < -0.39 is 5.97 Å². The van der Waals surface area contributed by atoms with Crippen LogP contribution in [0.3, 0.4) is 0 Å². The highest BCUT2D eigenvalue weighted by Crippen LogP contribution is 2.17. The Labute approximate surface area is 94.5 Å². The Bertz CT molecular complexity index is 410. The fourth-order valence-electron chi connectivity index (χ4n) is 2.09. The molecule has 1 aromatic rings. The predicted molar refractivity (Wildman–Crippen MR) is 59.4 cm³/mol. The molecular weight excluding hydrogens is 206 g/mol. The van der Waals surface area contributed by atoms with Gasteiger partial charge >= 0.3 is 5.97 Å². The number of carboxylic acids is 1. The Kier molecular flexibility index (Phi) is 2.96. The number of nitrogens with zero attached hydrogens (tertiary/aromatic N) is 2. The van der Waals surface area contributed by atoms with E-state index in [1.54, 1.807) is 0 Å². The highest BCUT2D eigenvalue weighted by molar-refractivity contribution is 5.87. The monoisotopic (exact) mass is 223 g/mol. The lowest BCUT2D eigenvalue weighted by Gasteiger charge is -2.16. The van der Waals surface area contributed by atoms with Crippen molar-refractivity contribution in [2.24, 2.45) is 5.92 Å². The van der Waals surface area contributed by atoms with Gasteiger partial charge in [0.05, 0.1) is 12.2 Å². The number of carbonyl (C=O) groups is 1. The summed E-state index contributed by atoms with van der Waals surface area (Å²) in [6, 6.07) is 0. The van der Waals surface area contributed by atoms with Gasteiger partial charge in [-0.15, -0.1) is 0 Å². The van der Waals surface area contributed by atoms with Gasteiger partial charge in [-0.2, -0.15) is 0 Å². The average molecular weight is 223 g/mol. The van der Waals surface area contributed by atoms with Crippen LogP contribution in [0, 0.1) is 5.92 Å². The molecule has 0 saturated carbocycles. The van der Waals surface area contributed by atoms with Gasteiger partial charge < -0.3 is 15.0 Å². The van der Waals surface area contributed by atoms with Crippen molar-refractivity contribution in [3.63, 3.8) is 0 Å². The molecule has 88 valence electrons. The first-order valence-electron chi connectivity index (χ1n) is 5.62. The fraction of sp³-hybridized carbons (Fsp3) is 0.636. The third kappa shape index (κ3) is 1.95. The number of imidazole rings is 1. The van der Waals surface area contributed by atoms with Crippen LogP contribution in [-0.2, 0) is 19.5 Å². The van der Waals surface area contributed by atoms with Crippen LogP contribution < -0.4 is 5.32 Å². The predicted octanol–water partition coefficient (Wildman–Crippen LogP) is 0.883. The highest BCUT2D eigenvalue weighted by atomic mass is 16.4. The molecule has 1 aliphatic rings. The second-order valence-electron chi connectivity index (χ2n) is 4.55. The summed E-state index contributed by atoms with van der Waals surface area (Å²) in [7, 11) is 0. The molecule has 0 atom stereocenters. The van der Waals surface area contributed by atoms with Gasteiger partial charge in [0.1, 0.15) is 5.82 Å². The topological polar surface area (TPSA) is 67.2 Å². The highest BCUT2D eigenvalue weighted by Gasteiger charge is 2.24. The molecule has 0 bridgehead atoms. The molecular formula is C11H17N3O2. The van der Waals surface area contributed by atoms with Crippen LogP contribution in [0.15, 0.2) is 0 Å². The molecule has 5 heteroatoms. The SMILES string of the molecule is CC(C)Cc1nc2n(c1C(=O)O)CCNC2. The second kappa shape index (κ2) is 4.25. The third-order valence-electron chi connectivity index (χ3n) is 2.72. The van der Waals surface area contributed by atoms with E-state index in [4.69, 9.17) is 0 Å². The first-order chi connectivity index (χ1) is 7.59. The normalized spacial score (nSPS) is 15.2. The van der Waals surface area contributed by atoms with Crippen LogP contribution in [0.5, 0.6) is 0 Å². The minimum absolute atomic E-state index is 0.380. The van der Waals surface area contributed by atoms with E-state index >= 15 is 0 Å². The summed E-state index contributed by atoms with van der Waals surface area (Å²) in [5.41, 5.74) is 1.10. The van der Waals surface area contributed by atoms with Crippen LogP contribution in [0.2, 0.25) is 0 Å². The van der Waals surface area contributed by atoms with E-state index in [9.17, 15) is 9.90 Å². The van der Waals surface area contributed by atoms with E-state index in [1.807, 2.05) is 4.57 Å². The lowest BCUT2D eigenvalue weighted by molar-refractivity contribution is 0.0682. The molecule has 2 heterocycles. The van der Waals surface area contributed by atoms with E-state index in [0.29, 0.717) is 24.7 Å². The first-order valence-corrected chi connectivity index (χ1v) is 5.62. The van der Waals surface area contributed by atoms with Crippen LogP contribution in [0.25, 0.3) is 0 Å². The zero-order valence-corrected chi connectivity index (χ0v) is 9.66. The minimum Gasteiger partial charge on any atom is -0.477 e. The van der Waals surface area contributed by atoms with Gasteiger partial charge in [-0.3, -0.25) is 0 Å². The molecule has 0 radical (unpaired) electrons. The van der Waals surface area contributed by atoms with E-state index in [-0.39, 0.29) is 0 Å². The number of hydrogen-bond acceptors (Lipinski definition) is 3. The van der Waals surface area contributed by atoms with E-state index in [1.165, 1.54) is 0 Å². The Morgan fingerprint density at radius 1 is 1.62 bits per heavy atom. The number of rotatable bonds is 3. The summed E-state index contributed by atoms with van der Waals surface area (Å²) in [5, 5.41) is 12.4. The summed E-state index contributed by atoms with van der Waals surface area (Å²) >= 11 is 0. The quantitative estimate of drug-likeness (QED) is 0.798. The van der Waals surface area contributed by atoms with Gasteiger partial charge in [0, 0.05) is 13.1 Å². The van der Waals surface area contributed by atoms with Crippen LogP contribution in [0.4, 0.5) is 0 Å². The van der Waals surface area contributed by atoms with Crippen LogP contribution in [-0.4, -0.2) is 27.2 Å². The number of hydrogen-bond donors (Lipinski definition) is 2. The Morgan fingerprint density at radius 3 is 3.00 bits per heavy atom. The smallest absolute Gasteiger partial charge is 0.354 e. The molecule has 2 N–H and O–H groups in total. The van der Waals surface area contributed by atoms with Crippen molar-refractivity contribution in [3.8, 4) is 0 Å². The molecule has 0 aliphatic carbocycles. The molecule has 0 spiro atoms. The average Bonchev–Trinajstić information content (AvgIpc) is 2.53. The van der Waals surface area contributed by atoms with Gasteiger partial charge in [0.15, 0.2) is 5.69 Å². The summed E-state index contributed by atoms with van der Waals surface area (Å²) in [6.07, 6.45) is 0.724.